The lowest BCUT2D eigenvalue weighted by atomic mass is 10.1. The van der Waals surface area contributed by atoms with Crippen LogP contribution >= 0.6 is 0 Å². The molecule has 15 heavy (non-hydrogen) atoms. The molecular formula is C12H18N2O. The van der Waals surface area contributed by atoms with Gasteiger partial charge in [-0.25, -0.2) is 0 Å². The van der Waals surface area contributed by atoms with Gasteiger partial charge in [0, 0.05) is 18.9 Å². The topological polar surface area (TPSA) is 34.1 Å². The predicted octanol–water partition coefficient (Wildman–Crippen LogP) is 1.83. The SMILES string of the molecule is Cc1cncc([C@@H](C)O[C@@H]2CCNC2)c1. The molecule has 0 aromatic carbocycles. The normalized spacial score (nSPS) is 22.9. The zero-order valence-corrected chi connectivity index (χ0v) is 9.36. The van der Waals surface area contributed by atoms with Crippen LogP contribution in [0.1, 0.15) is 30.6 Å². The Morgan fingerprint density at radius 2 is 2.40 bits per heavy atom. The van der Waals surface area contributed by atoms with Crippen molar-refractivity contribution in [2.75, 3.05) is 13.1 Å². The van der Waals surface area contributed by atoms with Crippen LogP contribution in [-0.4, -0.2) is 24.2 Å². The Bertz CT molecular complexity index is 321. The summed E-state index contributed by atoms with van der Waals surface area (Å²) in [5.74, 6) is 0. The van der Waals surface area contributed by atoms with Crippen LogP contribution in [0.25, 0.3) is 0 Å². The molecule has 2 atom stereocenters. The van der Waals surface area contributed by atoms with Crippen molar-refractivity contribution in [1.29, 1.82) is 0 Å². The first kappa shape index (κ1) is 10.6. The van der Waals surface area contributed by atoms with E-state index in [4.69, 9.17) is 4.74 Å². The molecule has 1 aromatic rings. The molecule has 0 bridgehead atoms. The second kappa shape index (κ2) is 4.73. The summed E-state index contributed by atoms with van der Waals surface area (Å²) in [5, 5.41) is 3.30. The highest BCUT2D eigenvalue weighted by molar-refractivity contribution is 5.18. The standard InChI is InChI=1S/C12H18N2O/c1-9-5-11(7-14-6-9)10(2)15-12-3-4-13-8-12/h5-7,10,12-13H,3-4,8H2,1-2H3/t10-,12-/m1/s1. The van der Waals surface area contributed by atoms with Gasteiger partial charge < -0.3 is 10.1 Å². The molecule has 0 amide bonds. The van der Waals surface area contributed by atoms with Crippen LogP contribution in [0.4, 0.5) is 0 Å². The molecule has 1 aliphatic rings. The largest absolute Gasteiger partial charge is 0.369 e. The Labute approximate surface area is 90.9 Å². The molecule has 1 fully saturated rings. The Kier molecular flexibility index (Phi) is 3.34. The molecule has 0 unspecified atom stereocenters. The van der Waals surface area contributed by atoms with Gasteiger partial charge >= 0.3 is 0 Å². The molecule has 3 nitrogen and oxygen atoms in total. The molecule has 2 rings (SSSR count). The average molecular weight is 206 g/mol. The van der Waals surface area contributed by atoms with Gasteiger partial charge in [-0.15, -0.1) is 0 Å². The number of pyridine rings is 1. The minimum Gasteiger partial charge on any atom is -0.369 e. The molecule has 82 valence electrons. The first-order valence-corrected chi connectivity index (χ1v) is 5.53. The van der Waals surface area contributed by atoms with Gasteiger partial charge in [-0.1, -0.05) is 6.07 Å². The lowest BCUT2D eigenvalue weighted by molar-refractivity contribution is 0.00809. The molecule has 3 heteroatoms. The molecule has 1 saturated heterocycles. The third-order valence-electron chi connectivity index (χ3n) is 2.78. The number of rotatable bonds is 3. The van der Waals surface area contributed by atoms with Gasteiger partial charge in [0.2, 0.25) is 0 Å². The van der Waals surface area contributed by atoms with Crippen LogP contribution in [-0.2, 0) is 4.74 Å². The summed E-state index contributed by atoms with van der Waals surface area (Å²) in [7, 11) is 0. The second-order valence-corrected chi connectivity index (χ2v) is 4.19. The Balaban J connectivity index is 1.97. The van der Waals surface area contributed by atoms with Crippen LogP contribution in [0.3, 0.4) is 0 Å². The van der Waals surface area contributed by atoms with Crippen molar-refractivity contribution in [3.8, 4) is 0 Å². The zero-order valence-electron chi connectivity index (χ0n) is 9.36. The van der Waals surface area contributed by atoms with Crippen molar-refractivity contribution >= 4 is 0 Å². The Morgan fingerprint density at radius 1 is 1.53 bits per heavy atom. The fourth-order valence-corrected chi connectivity index (χ4v) is 1.91. The van der Waals surface area contributed by atoms with Crippen LogP contribution in [0.2, 0.25) is 0 Å². The van der Waals surface area contributed by atoms with Crippen LogP contribution in [0.15, 0.2) is 18.5 Å². The summed E-state index contributed by atoms with van der Waals surface area (Å²) in [6.45, 7) is 6.20. The Hall–Kier alpha value is -0.930. The smallest absolute Gasteiger partial charge is 0.0816 e. The van der Waals surface area contributed by atoms with E-state index in [0.29, 0.717) is 6.10 Å². The van der Waals surface area contributed by atoms with Gasteiger partial charge in [-0.2, -0.15) is 0 Å². The molecule has 1 aliphatic heterocycles. The lowest BCUT2D eigenvalue weighted by Gasteiger charge is -2.18. The van der Waals surface area contributed by atoms with E-state index < -0.39 is 0 Å². The van der Waals surface area contributed by atoms with Gasteiger partial charge in [0.25, 0.3) is 0 Å². The summed E-state index contributed by atoms with van der Waals surface area (Å²) in [4.78, 5) is 4.18. The van der Waals surface area contributed by atoms with Gasteiger partial charge in [0.05, 0.1) is 12.2 Å². The first-order chi connectivity index (χ1) is 7.25. The van der Waals surface area contributed by atoms with Crippen LogP contribution in [0.5, 0.6) is 0 Å². The number of aryl methyl sites for hydroxylation is 1. The molecule has 1 aromatic heterocycles. The molecule has 0 aliphatic carbocycles. The summed E-state index contributed by atoms with van der Waals surface area (Å²) in [6.07, 6.45) is 5.37. The lowest BCUT2D eigenvalue weighted by Crippen LogP contribution is -2.18. The van der Waals surface area contributed by atoms with Crippen molar-refractivity contribution in [2.45, 2.75) is 32.5 Å². The van der Waals surface area contributed by atoms with E-state index in [9.17, 15) is 0 Å². The van der Waals surface area contributed by atoms with E-state index in [1.54, 1.807) is 0 Å². The number of aromatic nitrogens is 1. The van der Waals surface area contributed by atoms with E-state index in [2.05, 4.69) is 30.2 Å². The van der Waals surface area contributed by atoms with E-state index in [1.807, 2.05) is 12.4 Å². The monoisotopic (exact) mass is 206 g/mol. The number of nitrogens with one attached hydrogen (secondary N) is 1. The highest BCUT2D eigenvalue weighted by Crippen LogP contribution is 2.20. The summed E-state index contributed by atoms with van der Waals surface area (Å²) in [5.41, 5.74) is 2.36. The summed E-state index contributed by atoms with van der Waals surface area (Å²) >= 11 is 0. The number of nitrogens with zero attached hydrogens (tertiary/aromatic N) is 1. The molecular weight excluding hydrogens is 188 g/mol. The van der Waals surface area contributed by atoms with Gasteiger partial charge in [-0.05, 0) is 37.9 Å². The third-order valence-corrected chi connectivity index (χ3v) is 2.78. The van der Waals surface area contributed by atoms with Gasteiger partial charge in [0.1, 0.15) is 0 Å². The van der Waals surface area contributed by atoms with Crippen LogP contribution < -0.4 is 5.32 Å². The van der Waals surface area contributed by atoms with Crippen molar-refractivity contribution in [2.24, 2.45) is 0 Å². The molecule has 1 N–H and O–H groups in total. The van der Waals surface area contributed by atoms with Crippen molar-refractivity contribution in [3.05, 3.63) is 29.6 Å². The molecule has 0 saturated carbocycles. The maximum atomic E-state index is 5.95. The highest BCUT2D eigenvalue weighted by atomic mass is 16.5. The van der Waals surface area contributed by atoms with Gasteiger partial charge in [0.15, 0.2) is 0 Å². The Morgan fingerprint density at radius 3 is 3.07 bits per heavy atom. The zero-order chi connectivity index (χ0) is 10.7. The molecule has 2 heterocycles. The van der Waals surface area contributed by atoms with Crippen molar-refractivity contribution in [3.63, 3.8) is 0 Å². The maximum absolute atomic E-state index is 5.95. The van der Waals surface area contributed by atoms with E-state index >= 15 is 0 Å². The fourth-order valence-electron chi connectivity index (χ4n) is 1.91. The van der Waals surface area contributed by atoms with E-state index in [-0.39, 0.29) is 6.10 Å². The number of ether oxygens (including phenoxy) is 1. The van der Waals surface area contributed by atoms with Crippen molar-refractivity contribution in [1.82, 2.24) is 10.3 Å². The predicted molar refractivity (Wildman–Crippen MR) is 59.7 cm³/mol. The number of hydrogen-bond acceptors (Lipinski definition) is 3. The highest BCUT2D eigenvalue weighted by Gasteiger charge is 2.18. The second-order valence-electron chi connectivity index (χ2n) is 4.19. The van der Waals surface area contributed by atoms with Gasteiger partial charge in [-0.3, -0.25) is 4.98 Å². The summed E-state index contributed by atoms with van der Waals surface area (Å²) in [6, 6.07) is 2.14. The summed E-state index contributed by atoms with van der Waals surface area (Å²) < 4.78 is 5.95. The van der Waals surface area contributed by atoms with E-state index in [0.717, 1.165) is 19.5 Å². The van der Waals surface area contributed by atoms with Crippen LogP contribution in [0, 0.1) is 6.92 Å². The third kappa shape index (κ3) is 2.76. The maximum Gasteiger partial charge on any atom is 0.0816 e. The minimum absolute atomic E-state index is 0.141. The average Bonchev–Trinajstić information content (AvgIpc) is 2.70. The number of hydrogen-bond donors (Lipinski definition) is 1. The minimum atomic E-state index is 0.141. The fraction of sp³-hybridized carbons (Fsp3) is 0.583. The van der Waals surface area contributed by atoms with E-state index in [1.165, 1.54) is 11.1 Å². The first-order valence-electron chi connectivity index (χ1n) is 5.53. The van der Waals surface area contributed by atoms with Crippen molar-refractivity contribution < 1.29 is 4.74 Å². The quantitative estimate of drug-likeness (QED) is 0.819. The molecule has 0 spiro atoms. The molecule has 0 radical (unpaired) electrons.